The summed E-state index contributed by atoms with van der Waals surface area (Å²) >= 11 is 0. The predicted octanol–water partition coefficient (Wildman–Crippen LogP) is 2.71. The van der Waals surface area contributed by atoms with Crippen LogP contribution in [0, 0.1) is 5.92 Å². The van der Waals surface area contributed by atoms with Crippen LogP contribution in [0.1, 0.15) is 58.3 Å². The Bertz CT molecular complexity index is 307. The van der Waals surface area contributed by atoms with Gasteiger partial charge in [-0.15, -0.1) is 0 Å². The van der Waals surface area contributed by atoms with Crippen molar-refractivity contribution in [1.82, 2.24) is 15.1 Å². The van der Waals surface area contributed by atoms with Crippen molar-refractivity contribution in [2.75, 3.05) is 39.3 Å². The van der Waals surface area contributed by atoms with Crippen LogP contribution >= 0.6 is 0 Å². The summed E-state index contributed by atoms with van der Waals surface area (Å²) in [5.41, 5.74) is 0. The van der Waals surface area contributed by atoms with E-state index < -0.39 is 0 Å². The van der Waals surface area contributed by atoms with E-state index in [0.717, 1.165) is 18.0 Å². The smallest absolute Gasteiger partial charge is 0.0223 e. The van der Waals surface area contributed by atoms with Gasteiger partial charge in [0, 0.05) is 31.7 Å². The average Bonchev–Trinajstić information content (AvgIpc) is 2.98. The van der Waals surface area contributed by atoms with E-state index in [2.05, 4.69) is 22.0 Å². The van der Waals surface area contributed by atoms with Gasteiger partial charge in [-0.25, -0.2) is 0 Å². The quantitative estimate of drug-likeness (QED) is 0.812. The van der Waals surface area contributed by atoms with E-state index in [1.807, 2.05) is 0 Å². The van der Waals surface area contributed by atoms with Gasteiger partial charge in [-0.2, -0.15) is 0 Å². The Hall–Kier alpha value is -0.120. The maximum absolute atomic E-state index is 3.79. The fraction of sp³-hybridized carbons (Fsp3) is 1.00. The predicted molar refractivity (Wildman–Crippen MR) is 89.7 cm³/mol. The minimum absolute atomic E-state index is 0.820. The molecule has 122 valence electrons. The van der Waals surface area contributed by atoms with Crippen molar-refractivity contribution in [2.45, 2.75) is 70.4 Å². The third-order valence-corrected chi connectivity index (χ3v) is 6.05. The normalized spacial score (nSPS) is 35.0. The van der Waals surface area contributed by atoms with E-state index in [1.54, 1.807) is 0 Å². The Labute approximate surface area is 131 Å². The highest BCUT2D eigenvalue weighted by Gasteiger charge is 2.30. The van der Waals surface area contributed by atoms with Crippen LogP contribution in [0.3, 0.4) is 0 Å². The molecule has 0 spiro atoms. The van der Waals surface area contributed by atoms with Crippen molar-refractivity contribution in [3.63, 3.8) is 0 Å². The molecule has 2 saturated heterocycles. The molecule has 3 fully saturated rings. The molecule has 1 aliphatic carbocycles. The van der Waals surface area contributed by atoms with Gasteiger partial charge >= 0.3 is 0 Å². The topological polar surface area (TPSA) is 18.5 Å². The first kappa shape index (κ1) is 15.8. The fourth-order valence-corrected chi connectivity index (χ4v) is 4.75. The average molecular weight is 293 g/mol. The van der Waals surface area contributed by atoms with Crippen molar-refractivity contribution in [3.8, 4) is 0 Å². The second-order valence-electron chi connectivity index (χ2n) is 7.53. The van der Waals surface area contributed by atoms with Crippen LogP contribution in [0.5, 0.6) is 0 Å². The first-order chi connectivity index (χ1) is 10.4. The molecule has 0 radical (unpaired) electrons. The lowest BCUT2D eigenvalue weighted by Crippen LogP contribution is -2.55. The number of nitrogens with one attached hydrogen (secondary N) is 1. The molecule has 0 amide bonds. The van der Waals surface area contributed by atoms with Gasteiger partial charge in [-0.05, 0) is 64.1 Å². The molecular weight excluding hydrogens is 258 g/mol. The van der Waals surface area contributed by atoms with Crippen molar-refractivity contribution in [3.05, 3.63) is 0 Å². The van der Waals surface area contributed by atoms with Crippen molar-refractivity contribution in [1.29, 1.82) is 0 Å². The van der Waals surface area contributed by atoms with Gasteiger partial charge in [0.25, 0.3) is 0 Å². The Morgan fingerprint density at radius 3 is 2.86 bits per heavy atom. The van der Waals surface area contributed by atoms with Crippen molar-refractivity contribution in [2.24, 2.45) is 5.92 Å². The molecule has 0 aromatic rings. The van der Waals surface area contributed by atoms with Gasteiger partial charge in [-0.3, -0.25) is 4.90 Å². The van der Waals surface area contributed by atoms with Crippen LogP contribution in [-0.2, 0) is 0 Å². The van der Waals surface area contributed by atoms with Crippen LogP contribution in [0.15, 0.2) is 0 Å². The maximum Gasteiger partial charge on any atom is 0.0223 e. The summed E-state index contributed by atoms with van der Waals surface area (Å²) in [5, 5.41) is 3.79. The van der Waals surface area contributed by atoms with Gasteiger partial charge < -0.3 is 10.2 Å². The van der Waals surface area contributed by atoms with Gasteiger partial charge in [0.05, 0.1) is 0 Å². The lowest BCUT2D eigenvalue weighted by Gasteiger charge is -2.44. The van der Waals surface area contributed by atoms with Crippen LogP contribution < -0.4 is 5.32 Å². The Morgan fingerprint density at radius 2 is 1.95 bits per heavy atom. The summed E-state index contributed by atoms with van der Waals surface area (Å²) < 4.78 is 0. The zero-order valence-electron chi connectivity index (χ0n) is 14.0. The molecule has 3 heteroatoms. The molecule has 3 unspecified atom stereocenters. The van der Waals surface area contributed by atoms with Gasteiger partial charge in [0.1, 0.15) is 0 Å². The van der Waals surface area contributed by atoms with E-state index in [0.29, 0.717) is 0 Å². The Balaban J connectivity index is 1.40. The fourth-order valence-electron chi connectivity index (χ4n) is 4.75. The highest BCUT2D eigenvalue weighted by Crippen LogP contribution is 2.29. The van der Waals surface area contributed by atoms with Gasteiger partial charge in [-0.1, -0.05) is 19.8 Å². The summed E-state index contributed by atoms with van der Waals surface area (Å²) in [6.07, 6.45) is 11.4. The SMILES string of the molecule is CCCNC1CCCC1CCN1CCN2CCCCC2C1. The molecule has 0 bridgehead atoms. The third kappa shape index (κ3) is 4.20. The molecule has 3 nitrogen and oxygen atoms in total. The summed E-state index contributed by atoms with van der Waals surface area (Å²) in [6, 6.07) is 1.70. The second-order valence-corrected chi connectivity index (χ2v) is 7.53. The Kier molecular flexibility index (Phi) is 5.96. The minimum atomic E-state index is 0.820. The zero-order valence-corrected chi connectivity index (χ0v) is 14.0. The number of hydrogen-bond donors (Lipinski definition) is 1. The second kappa shape index (κ2) is 7.94. The maximum atomic E-state index is 3.79. The molecule has 0 aromatic heterocycles. The number of piperidine rings is 1. The number of piperazine rings is 1. The molecule has 2 heterocycles. The number of fused-ring (bicyclic) bond motifs is 1. The molecule has 0 aromatic carbocycles. The van der Waals surface area contributed by atoms with Gasteiger partial charge in [0.15, 0.2) is 0 Å². The molecule has 3 rings (SSSR count). The molecule has 21 heavy (non-hydrogen) atoms. The first-order valence-corrected chi connectivity index (χ1v) is 9.56. The molecule has 1 saturated carbocycles. The largest absolute Gasteiger partial charge is 0.314 e. The van der Waals surface area contributed by atoms with E-state index in [-0.39, 0.29) is 0 Å². The van der Waals surface area contributed by atoms with Crippen LogP contribution in [0.25, 0.3) is 0 Å². The van der Waals surface area contributed by atoms with E-state index in [4.69, 9.17) is 0 Å². The van der Waals surface area contributed by atoms with Crippen molar-refractivity contribution < 1.29 is 0 Å². The van der Waals surface area contributed by atoms with Gasteiger partial charge in [0.2, 0.25) is 0 Å². The van der Waals surface area contributed by atoms with Crippen LogP contribution in [0.4, 0.5) is 0 Å². The summed E-state index contributed by atoms with van der Waals surface area (Å²) in [4.78, 5) is 5.52. The Morgan fingerprint density at radius 1 is 1.00 bits per heavy atom. The zero-order chi connectivity index (χ0) is 14.5. The molecule has 2 aliphatic heterocycles. The standard InChI is InChI=1S/C18H35N3/c1-2-10-19-18-8-5-6-16(18)9-12-20-13-14-21-11-4-3-7-17(21)15-20/h16-19H,2-15H2,1H3. The number of nitrogens with zero attached hydrogens (tertiary/aromatic N) is 2. The molecule has 1 N–H and O–H groups in total. The van der Waals surface area contributed by atoms with Crippen LogP contribution in [-0.4, -0.2) is 61.2 Å². The van der Waals surface area contributed by atoms with Crippen molar-refractivity contribution >= 4 is 0 Å². The number of hydrogen-bond acceptors (Lipinski definition) is 3. The summed E-state index contributed by atoms with van der Waals surface area (Å²) in [7, 11) is 0. The first-order valence-electron chi connectivity index (χ1n) is 9.56. The molecule has 3 atom stereocenters. The summed E-state index contributed by atoms with van der Waals surface area (Å²) in [6.45, 7) is 10.2. The van der Waals surface area contributed by atoms with Crippen LogP contribution in [0.2, 0.25) is 0 Å². The molecule has 3 aliphatic rings. The monoisotopic (exact) mass is 293 g/mol. The lowest BCUT2D eigenvalue weighted by atomic mass is 9.97. The van der Waals surface area contributed by atoms with E-state index in [1.165, 1.54) is 90.6 Å². The highest BCUT2D eigenvalue weighted by atomic mass is 15.3. The minimum Gasteiger partial charge on any atom is -0.314 e. The highest BCUT2D eigenvalue weighted by molar-refractivity contribution is 4.87. The lowest BCUT2D eigenvalue weighted by molar-refractivity contribution is 0.0463. The number of rotatable bonds is 6. The summed E-state index contributed by atoms with van der Waals surface area (Å²) in [5.74, 6) is 0.945. The van der Waals surface area contributed by atoms with E-state index >= 15 is 0 Å². The third-order valence-electron chi connectivity index (χ3n) is 6.05. The molecular formula is C18H35N3. The van der Waals surface area contributed by atoms with E-state index in [9.17, 15) is 0 Å².